The minimum atomic E-state index is -0.236. The third-order valence-electron chi connectivity index (χ3n) is 5.00. The number of rotatable bonds is 7. The molecule has 5 nitrogen and oxygen atoms in total. The number of benzene rings is 2. The highest BCUT2D eigenvalue weighted by molar-refractivity contribution is 5.92. The van der Waals surface area contributed by atoms with Crippen LogP contribution in [0.1, 0.15) is 30.9 Å². The molecule has 1 aliphatic heterocycles. The topological polar surface area (TPSA) is 58.6 Å². The minimum absolute atomic E-state index is 0.00308. The lowest BCUT2D eigenvalue weighted by Gasteiger charge is -2.32. The Kier molecular flexibility index (Phi) is 7.20. The molecule has 1 atom stereocenters. The van der Waals surface area contributed by atoms with Crippen molar-refractivity contribution in [3.8, 4) is 0 Å². The summed E-state index contributed by atoms with van der Waals surface area (Å²) in [5.74, 6) is -0.174. The van der Waals surface area contributed by atoms with Gasteiger partial charge in [0.2, 0.25) is 5.91 Å². The summed E-state index contributed by atoms with van der Waals surface area (Å²) in [6.45, 7) is 4.87. The van der Waals surface area contributed by atoms with E-state index in [4.69, 9.17) is 4.74 Å². The van der Waals surface area contributed by atoms with Crippen LogP contribution in [0, 0.1) is 5.92 Å². The molecule has 0 spiro atoms. The van der Waals surface area contributed by atoms with Gasteiger partial charge >= 0.3 is 5.97 Å². The van der Waals surface area contributed by atoms with E-state index >= 15 is 0 Å². The van der Waals surface area contributed by atoms with Gasteiger partial charge in [-0.25, -0.2) is 0 Å². The second-order valence-electron chi connectivity index (χ2n) is 7.23. The third-order valence-corrected chi connectivity index (χ3v) is 5.00. The van der Waals surface area contributed by atoms with Crippen molar-refractivity contribution in [2.75, 3.05) is 25.0 Å². The second-order valence-corrected chi connectivity index (χ2v) is 7.23. The second kappa shape index (κ2) is 10.0. The van der Waals surface area contributed by atoms with Gasteiger partial charge in [0.1, 0.15) is 0 Å². The average Bonchev–Trinajstić information content (AvgIpc) is 2.70. The van der Waals surface area contributed by atoms with Crippen molar-refractivity contribution in [2.45, 2.75) is 32.7 Å². The van der Waals surface area contributed by atoms with E-state index in [1.54, 1.807) is 6.92 Å². The summed E-state index contributed by atoms with van der Waals surface area (Å²) in [5, 5.41) is 3.02. The van der Waals surface area contributed by atoms with E-state index in [0.29, 0.717) is 6.61 Å². The first-order valence-corrected chi connectivity index (χ1v) is 9.95. The van der Waals surface area contributed by atoms with Crippen LogP contribution >= 0.6 is 0 Å². The van der Waals surface area contributed by atoms with Gasteiger partial charge in [0.05, 0.1) is 18.9 Å². The number of nitrogens with zero attached hydrogens (tertiary/aromatic N) is 1. The Bertz CT molecular complexity index is 774. The van der Waals surface area contributed by atoms with Crippen molar-refractivity contribution in [1.82, 2.24) is 4.90 Å². The van der Waals surface area contributed by atoms with E-state index in [2.05, 4.69) is 34.5 Å². The monoisotopic (exact) mass is 380 g/mol. The zero-order valence-corrected chi connectivity index (χ0v) is 16.4. The van der Waals surface area contributed by atoms with E-state index in [1.165, 1.54) is 5.56 Å². The Morgan fingerprint density at radius 2 is 1.82 bits per heavy atom. The zero-order chi connectivity index (χ0) is 19.8. The van der Waals surface area contributed by atoms with Gasteiger partial charge in [-0.2, -0.15) is 0 Å². The Hall–Kier alpha value is -2.66. The van der Waals surface area contributed by atoms with Crippen LogP contribution in [0.3, 0.4) is 0 Å². The number of carbonyl (C=O) groups excluding carboxylic acids is 2. The Labute approximate surface area is 166 Å². The normalized spacial score (nSPS) is 17.1. The van der Waals surface area contributed by atoms with Crippen LogP contribution in [0.5, 0.6) is 0 Å². The van der Waals surface area contributed by atoms with Gasteiger partial charge in [0, 0.05) is 18.8 Å². The van der Waals surface area contributed by atoms with Crippen molar-refractivity contribution >= 4 is 17.6 Å². The first-order chi connectivity index (χ1) is 13.6. The highest BCUT2D eigenvalue weighted by Gasteiger charge is 2.25. The summed E-state index contributed by atoms with van der Waals surface area (Å²) >= 11 is 0. The molecule has 1 heterocycles. The number of nitrogens with one attached hydrogen (secondary N) is 1. The first-order valence-electron chi connectivity index (χ1n) is 9.95. The van der Waals surface area contributed by atoms with Crippen LogP contribution in [-0.2, 0) is 27.3 Å². The summed E-state index contributed by atoms with van der Waals surface area (Å²) in [5.41, 5.74) is 2.92. The van der Waals surface area contributed by atoms with Crippen molar-refractivity contribution in [3.63, 3.8) is 0 Å². The molecule has 5 heteroatoms. The lowest BCUT2D eigenvalue weighted by atomic mass is 9.96. The molecule has 1 unspecified atom stereocenters. The fourth-order valence-electron chi connectivity index (χ4n) is 3.58. The van der Waals surface area contributed by atoms with Gasteiger partial charge in [0.25, 0.3) is 0 Å². The lowest BCUT2D eigenvalue weighted by molar-refractivity contribution is -0.142. The maximum absolute atomic E-state index is 12.7. The zero-order valence-electron chi connectivity index (χ0n) is 16.4. The largest absolute Gasteiger partial charge is 0.466 e. The smallest absolute Gasteiger partial charge is 0.310 e. The van der Waals surface area contributed by atoms with Gasteiger partial charge in [-0.05, 0) is 49.6 Å². The molecule has 1 N–H and O–H groups in total. The molecule has 3 rings (SSSR count). The van der Waals surface area contributed by atoms with E-state index in [1.807, 2.05) is 30.3 Å². The standard InChI is InChI=1S/C23H28N2O3/c1-2-28-22(26)15-18-10-12-21(13-11-18)24-23(27)20-9-6-14-25(17-20)16-19-7-4-3-5-8-19/h3-5,7-8,10-13,20H,2,6,9,14-17H2,1H3,(H,24,27). The van der Waals surface area contributed by atoms with Gasteiger partial charge in [-0.3, -0.25) is 14.5 Å². The number of likely N-dealkylation sites (tertiary alicyclic amines) is 1. The summed E-state index contributed by atoms with van der Waals surface area (Å²) in [7, 11) is 0. The molecule has 2 aromatic carbocycles. The molecule has 1 saturated heterocycles. The number of ether oxygens (including phenoxy) is 1. The molecule has 0 bridgehead atoms. The van der Waals surface area contributed by atoms with Crippen LogP contribution in [0.2, 0.25) is 0 Å². The maximum atomic E-state index is 12.7. The minimum Gasteiger partial charge on any atom is -0.466 e. The molecule has 0 radical (unpaired) electrons. The predicted molar refractivity (Wildman–Crippen MR) is 110 cm³/mol. The van der Waals surface area contributed by atoms with Crippen LogP contribution in [0.25, 0.3) is 0 Å². The molecular formula is C23H28N2O3. The Balaban J connectivity index is 1.51. The van der Waals surface area contributed by atoms with Crippen molar-refractivity contribution < 1.29 is 14.3 Å². The van der Waals surface area contributed by atoms with Crippen LogP contribution in [0.15, 0.2) is 54.6 Å². The molecule has 1 fully saturated rings. The quantitative estimate of drug-likeness (QED) is 0.745. The number of hydrogen-bond donors (Lipinski definition) is 1. The van der Waals surface area contributed by atoms with E-state index in [0.717, 1.165) is 43.7 Å². The van der Waals surface area contributed by atoms with Gasteiger partial charge in [-0.15, -0.1) is 0 Å². The highest BCUT2D eigenvalue weighted by atomic mass is 16.5. The molecule has 148 valence electrons. The molecule has 1 aliphatic rings. The molecule has 0 aliphatic carbocycles. The number of anilines is 1. The summed E-state index contributed by atoms with van der Waals surface area (Å²) in [6.07, 6.45) is 2.20. The van der Waals surface area contributed by atoms with Gasteiger partial charge in [-0.1, -0.05) is 42.5 Å². The lowest BCUT2D eigenvalue weighted by Crippen LogP contribution is -2.40. The van der Waals surface area contributed by atoms with Gasteiger partial charge in [0.15, 0.2) is 0 Å². The van der Waals surface area contributed by atoms with Crippen LogP contribution < -0.4 is 5.32 Å². The van der Waals surface area contributed by atoms with Crippen LogP contribution in [-0.4, -0.2) is 36.5 Å². The third kappa shape index (κ3) is 5.92. The molecule has 2 aromatic rings. The Morgan fingerprint density at radius 3 is 2.54 bits per heavy atom. The molecule has 1 amide bonds. The molecule has 0 saturated carbocycles. The fraction of sp³-hybridized carbons (Fsp3) is 0.391. The predicted octanol–water partition coefficient (Wildman–Crippen LogP) is 3.64. The molecular weight excluding hydrogens is 352 g/mol. The number of carbonyl (C=O) groups is 2. The summed E-state index contributed by atoms with van der Waals surface area (Å²) in [6, 6.07) is 17.8. The van der Waals surface area contributed by atoms with Gasteiger partial charge < -0.3 is 10.1 Å². The van der Waals surface area contributed by atoms with Crippen LogP contribution in [0.4, 0.5) is 5.69 Å². The Morgan fingerprint density at radius 1 is 1.07 bits per heavy atom. The van der Waals surface area contributed by atoms with Crippen molar-refractivity contribution in [2.24, 2.45) is 5.92 Å². The number of amides is 1. The number of esters is 1. The summed E-state index contributed by atoms with van der Waals surface area (Å²) in [4.78, 5) is 26.6. The first kappa shape index (κ1) is 20.1. The fourth-order valence-corrected chi connectivity index (χ4v) is 3.58. The van der Waals surface area contributed by atoms with E-state index in [9.17, 15) is 9.59 Å². The maximum Gasteiger partial charge on any atom is 0.310 e. The van der Waals surface area contributed by atoms with E-state index in [-0.39, 0.29) is 24.2 Å². The highest BCUT2D eigenvalue weighted by Crippen LogP contribution is 2.21. The van der Waals surface area contributed by atoms with E-state index < -0.39 is 0 Å². The van der Waals surface area contributed by atoms with Crippen molar-refractivity contribution in [3.05, 3.63) is 65.7 Å². The summed E-state index contributed by atoms with van der Waals surface area (Å²) < 4.78 is 4.96. The number of piperidine rings is 1. The van der Waals surface area contributed by atoms with Crippen molar-refractivity contribution in [1.29, 1.82) is 0 Å². The number of hydrogen-bond acceptors (Lipinski definition) is 4. The molecule has 28 heavy (non-hydrogen) atoms. The average molecular weight is 380 g/mol. The SMILES string of the molecule is CCOC(=O)Cc1ccc(NC(=O)C2CCCN(Cc3ccccc3)C2)cc1. The molecule has 0 aromatic heterocycles.